The molecule has 0 aliphatic carbocycles. The van der Waals surface area contributed by atoms with E-state index in [1.54, 1.807) is 0 Å². The fourth-order valence-electron chi connectivity index (χ4n) is 6.23. The summed E-state index contributed by atoms with van der Waals surface area (Å²) in [6.45, 7) is 3.67. The van der Waals surface area contributed by atoms with Crippen LogP contribution in [0.15, 0.2) is 48.6 Å². The maximum absolute atomic E-state index is 12.6. The summed E-state index contributed by atoms with van der Waals surface area (Å²) in [5.41, 5.74) is 5.35. The average molecular weight is 824 g/mol. The molecule has 3 N–H and O–H groups in total. The number of rotatable bonds is 43. The predicted molar refractivity (Wildman–Crippen MR) is 238 cm³/mol. The molecule has 0 saturated carbocycles. The molecule has 0 radical (unpaired) electrons. The number of carbonyl (C=O) groups excluding carboxylic acids is 2. The van der Waals surface area contributed by atoms with Crippen molar-refractivity contribution >= 4 is 19.8 Å². The molecule has 9 nitrogen and oxygen atoms in total. The van der Waals surface area contributed by atoms with E-state index >= 15 is 0 Å². The topological polar surface area (TPSA) is 134 Å². The summed E-state index contributed by atoms with van der Waals surface area (Å²) in [5, 5.41) is 0. The van der Waals surface area contributed by atoms with Crippen molar-refractivity contribution in [1.29, 1.82) is 0 Å². The number of allylic oxidation sites excluding steroid dienone is 8. The molecular formula is C47H86NO8P. The molecular weight excluding hydrogens is 737 g/mol. The van der Waals surface area contributed by atoms with Crippen LogP contribution >= 0.6 is 7.82 Å². The standard InChI is InChI=1S/C47H86NO8P/c1-3-5-7-9-11-13-15-17-19-21-22-24-26-28-30-32-34-36-38-40-47(50)56-45(44-55-57(51,52)54-42-41-48)43-53-46(49)39-37-35-33-31-29-27-25-23-20-18-16-14-12-10-8-6-4-2/h17-20,25,27,31,33,45H,3-16,21-24,26,28-30,32,34-44,48H2,1-2H3,(H,51,52). The van der Waals surface area contributed by atoms with Gasteiger partial charge in [-0.2, -0.15) is 0 Å². The molecule has 332 valence electrons. The molecule has 0 aliphatic rings. The van der Waals surface area contributed by atoms with Crippen LogP contribution in [0.4, 0.5) is 0 Å². The van der Waals surface area contributed by atoms with E-state index in [2.05, 4.69) is 62.5 Å². The van der Waals surface area contributed by atoms with Gasteiger partial charge in [0.1, 0.15) is 6.61 Å². The summed E-state index contributed by atoms with van der Waals surface area (Å²) < 4.78 is 32.8. The Kier molecular flexibility index (Phi) is 42.0. The van der Waals surface area contributed by atoms with E-state index in [9.17, 15) is 19.0 Å². The number of phosphoric ester groups is 1. The van der Waals surface area contributed by atoms with Gasteiger partial charge in [0.2, 0.25) is 0 Å². The lowest BCUT2D eigenvalue weighted by molar-refractivity contribution is -0.161. The zero-order valence-electron chi connectivity index (χ0n) is 36.6. The van der Waals surface area contributed by atoms with E-state index in [0.717, 1.165) is 44.9 Å². The SMILES string of the molecule is CCCCCCCCC=CCC=CCC=CCCCC(=O)OCC(COP(=O)(O)OCCN)OC(=O)CCCCCCCCCCCC=CCCCCCCCC. The fourth-order valence-corrected chi connectivity index (χ4v) is 7.00. The van der Waals surface area contributed by atoms with Crippen LogP contribution in [-0.4, -0.2) is 49.3 Å². The number of hydrogen-bond donors (Lipinski definition) is 2. The van der Waals surface area contributed by atoms with Crippen LogP contribution in [0.2, 0.25) is 0 Å². The van der Waals surface area contributed by atoms with Crippen molar-refractivity contribution in [3.8, 4) is 0 Å². The van der Waals surface area contributed by atoms with Gasteiger partial charge in [-0.25, -0.2) is 4.57 Å². The second-order valence-corrected chi connectivity index (χ2v) is 16.7. The first kappa shape index (κ1) is 55.0. The Labute approximate surface area is 349 Å². The minimum absolute atomic E-state index is 0.0457. The highest BCUT2D eigenvalue weighted by Gasteiger charge is 2.26. The molecule has 57 heavy (non-hydrogen) atoms. The minimum Gasteiger partial charge on any atom is -0.462 e. The molecule has 0 aliphatic heterocycles. The molecule has 0 rings (SSSR count). The Balaban J connectivity index is 4.19. The van der Waals surface area contributed by atoms with Gasteiger partial charge in [0.25, 0.3) is 0 Å². The zero-order chi connectivity index (χ0) is 41.8. The monoisotopic (exact) mass is 824 g/mol. The molecule has 0 saturated heterocycles. The quantitative estimate of drug-likeness (QED) is 0.0267. The van der Waals surface area contributed by atoms with Gasteiger partial charge in [0.15, 0.2) is 6.10 Å². The Hall–Kier alpha value is -2.03. The molecule has 2 atom stereocenters. The number of carbonyl (C=O) groups is 2. The highest BCUT2D eigenvalue weighted by molar-refractivity contribution is 7.47. The van der Waals surface area contributed by atoms with Crippen LogP contribution < -0.4 is 5.73 Å². The lowest BCUT2D eigenvalue weighted by atomic mass is 10.1. The van der Waals surface area contributed by atoms with Crippen molar-refractivity contribution < 1.29 is 37.6 Å². The van der Waals surface area contributed by atoms with E-state index in [0.29, 0.717) is 12.8 Å². The van der Waals surface area contributed by atoms with Gasteiger partial charge in [0, 0.05) is 19.4 Å². The summed E-state index contributed by atoms with van der Waals surface area (Å²) in [5.74, 6) is -0.890. The molecule has 0 heterocycles. The molecule has 0 fully saturated rings. The number of esters is 2. The maximum Gasteiger partial charge on any atom is 0.472 e. The van der Waals surface area contributed by atoms with Gasteiger partial charge < -0.3 is 20.1 Å². The Bertz CT molecular complexity index is 1080. The van der Waals surface area contributed by atoms with E-state index < -0.39 is 32.5 Å². The van der Waals surface area contributed by atoms with E-state index in [1.165, 1.54) is 122 Å². The van der Waals surface area contributed by atoms with Gasteiger partial charge in [-0.3, -0.25) is 18.6 Å². The van der Waals surface area contributed by atoms with Crippen molar-refractivity contribution in [2.24, 2.45) is 5.73 Å². The second kappa shape index (κ2) is 43.5. The number of ether oxygens (including phenoxy) is 2. The van der Waals surface area contributed by atoms with Gasteiger partial charge in [-0.05, 0) is 70.6 Å². The van der Waals surface area contributed by atoms with E-state index in [1.807, 2.05) is 0 Å². The Morgan fingerprint density at radius 2 is 0.930 bits per heavy atom. The molecule has 0 aromatic carbocycles. The summed E-state index contributed by atoms with van der Waals surface area (Å²) in [6, 6.07) is 0. The smallest absolute Gasteiger partial charge is 0.462 e. The van der Waals surface area contributed by atoms with Crippen molar-refractivity contribution in [2.45, 2.75) is 213 Å². The third kappa shape index (κ3) is 43.4. The van der Waals surface area contributed by atoms with Crippen molar-refractivity contribution in [2.75, 3.05) is 26.4 Å². The molecule has 10 heteroatoms. The largest absolute Gasteiger partial charge is 0.472 e. The number of nitrogens with two attached hydrogens (primary N) is 1. The second-order valence-electron chi connectivity index (χ2n) is 15.3. The first-order chi connectivity index (χ1) is 27.8. The first-order valence-electron chi connectivity index (χ1n) is 23.1. The van der Waals surface area contributed by atoms with Crippen LogP contribution in [0, 0.1) is 0 Å². The van der Waals surface area contributed by atoms with Crippen molar-refractivity contribution in [1.82, 2.24) is 0 Å². The fraction of sp³-hybridized carbons (Fsp3) is 0.787. The predicted octanol–water partition coefficient (Wildman–Crippen LogP) is 13.5. The van der Waals surface area contributed by atoms with Gasteiger partial charge in [-0.1, -0.05) is 172 Å². The highest BCUT2D eigenvalue weighted by atomic mass is 31.2. The van der Waals surface area contributed by atoms with Gasteiger partial charge >= 0.3 is 19.8 Å². The number of hydrogen-bond acceptors (Lipinski definition) is 8. The molecule has 0 spiro atoms. The van der Waals surface area contributed by atoms with Crippen molar-refractivity contribution in [3.05, 3.63) is 48.6 Å². The third-order valence-electron chi connectivity index (χ3n) is 9.69. The van der Waals surface area contributed by atoms with Crippen LogP contribution in [0.1, 0.15) is 206 Å². The average Bonchev–Trinajstić information content (AvgIpc) is 3.20. The van der Waals surface area contributed by atoms with E-state index in [-0.39, 0.29) is 32.6 Å². The minimum atomic E-state index is -4.39. The Morgan fingerprint density at radius 1 is 0.526 bits per heavy atom. The zero-order valence-corrected chi connectivity index (χ0v) is 37.5. The molecule has 2 unspecified atom stereocenters. The normalized spacial score (nSPS) is 13.7. The Morgan fingerprint density at radius 3 is 1.42 bits per heavy atom. The lowest BCUT2D eigenvalue weighted by Crippen LogP contribution is -2.29. The van der Waals surface area contributed by atoms with Crippen LogP contribution in [0.3, 0.4) is 0 Å². The summed E-state index contributed by atoms with van der Waals surface area (Å²) >= 11 is 0. The maximum atomic E-state index is 12.6. The van der Waals surface area contributed by atoms with Crippen LogP contribution in [-0.2, 0) is 32.7 Å². The third-order valence-corrected chi connectivity index (χ3v) is 10.7. The first-order valence-corrected chi connectivity index (χ1v) is 24.6. The molecule has 0 bridgehead atoms. The van der Waals surface area contributed by atoms with Crippen LogP contribution in [0.5, 0.6) is 0 Å². The van der Waals surface area contributed by atoms with Gasteiger partial charge in [-0.15, -0.1) is 0 Å². The summed E-state index contributed by atoms with van der Waals surface area (Å²) in [6.07, 6.45) is 50.1. The highest BCUT2D eigenvalue weighted by Crippen LogP contribution is 2.43. The summed E-state index contributed by atoms with van der Waals surface area (Å²) in [4.78, 5) is 34.9. The lowest BCUT2D eigenvalue weighted by Gasteiger charge is -2.19. The number of phosphoric acid groups is 1. The molecule has 0 aromatic heterocycles. The molecule has 0 amide bonds. The van der Waals surface area contributed by atoms with Gasteiger partial charge in [0.05, 0.1) is 13.2 Å². The molecule has 0 aromatic rings. The van der Waals surface area contributed by atoms with Crippen LogP contribution in [0.25, 0.3) is 0 Å². The van der Waals surface area contributed by atoms with Crippen molar-refractivity contribution in [3.63, 3.8) is 0 Å². The summed E-state index contributed by atoms with van der Waals surface area (Å²) in [7, 11) is -4.39. The van der Waals surface area contributed by atoms with E-state index in [4.69, 9.17) is 24.3 Å². The number of unbranched alkanes of at least 4 members (excludes halogenated alkanes) is 22.